The van der Waals surface area contributed by atoms with Gasteiger partial charge in [0.2, 0.25) is 5.91 Å². The molecule has 0 aliphatic carbocycles. The largest absolute Gasteiger partial charge is 0.481 e. The van der Waals surface area contributed by atoms with Gasteiger partial charge in [-0.05, 0) is 43.7 Å². The first-order valence-corrected chi connectivity index (χ1v) is 10.2. The van der Waals surface area contributed by atoms with Crippen LogP contribution in [0.1, 0.15) is 45.4 Å². The van der Waals surface area contributed by atoms with Gasteiger partial charge in [-0.25, -0.2) is 4.79 Å². The highest BCUT2D eigenvalue weighted by Crippen LogP contribution is 2.22. The fraction of sp³-hybridized carbons (Fsp3) is 0.571. The van der Waals surface area contributed by atoms with Crippen LogP contribution in [0, 0.1) is 5.92 Å². The SMILES string of the molecule is CCCn1c(=O)n(CCC(=O)N2CCCC(CCC(=O)O)C2)c2ccccc21. The minimum Gasteiger partial charge on any atom is -0.481 e. The molecule has 0 bridgehead atoms. The van der Waals surface area contributed by atoms with E-state index in [1.807, 2.05) is 36.1 Å². The van der Waals surface area contributed by atoms with E-state index in [0.29, 0.717) is 26.1 Å². The number of carboxylic acid groups (broad SMARTS) is 1. The fourth-order valence-corrected chi connectivity index (χ4v) is 4.15. The Morgan fingerprint density at radius 3 is 2.43 bits per heavy atom. The van der Waals surface area contributed by atoms with E-state index in [0.717, 1.165) is 36.8 Å². The highest BCUT2D eigenvalue weighted by Gasteiger charge is 2.24. The van der Waals surface area contributed by atoms with Crippen molar-refractivity contribution in [3.63, 3.8) is 0 Å². The summed E-state index contributed by atoms with van der Waals surface area (Å²) >= 11 is 0. The molecule has 1 aliphatic rings. The first-order chi connectivity index (χ1) is 13.5. The zero-order valence-corrected chi connectivity index (χ0v) is 16.5. The first kappa shape index (κ1) is 20.2. The maximum Gasteiger partial charge on any atom is 0.329 e. The molecule has 28 heavy (non-hydrogen) atoms. The lowest BCUT2D eigenvalue weighted by Gasteiger charge is -2.32. The summed E-state index contributed by atoms with van der Waals surface area (Å²) in [6.45, 7) is 4.41. The normalized spacial score (nSPS) is 17.2. The highest BCUT2D eigenvalue weighted by molar-refractivity contribution is 5.78. The average Bonchev–Trinajstić information content (AvgIpc) is 2.96. The van der Waals surface area contributed by atoms with Crippen molar-refractivity contribution in [2.75, 3.05) is 13.1 Å². The molecule has 0 radical (unpaired) electrons. The van der Waals surface area contributed by atoms with Gasteiger partial charge in [-0.1, -0.05) is 19.1 Å². The van der Waals surface area contributed by atoms with Crippen LogP contribution < -0.4 is 5.69 Å². The number of aryl methyl sites for hydroxylation is 2. The van der Waals surface area contributed by atoms with Gasteiger partial charge < -0.3 is 10.0 Å². The van der Waals surface area contributed by atoms with Crippen molar-refractivity contribution >= 4 is 22.9 Å². The second-order valence-electron chi connectivity index (χ2n) is 7.60. The first-order valence-electron chi connectivity index (χ1n) is 10.2. The van der Waals surface area contributed by atoms with Crippen molar-refractivity contribution in [2.45, 2.75) is 58.5 Å². The van der Waals surface area contributed by atoms with E-state index in [1.54, 1.807) is 9.13 Å². The van der Waals surface area contributed by atoms with Crippen molar-refractivity contribution in [3.05, 3.63) is 34.7 Å². The molecule has 7 heteroatoms. The third-order valence-corrected chi connectivity index (χ3v) is 5.56. The monoisotopic (exact) mass is 387 g/mol. The van der Waals surface area contributed by atoms with Crippen molar-refractivity contribution in [1.29, 1.82) is 0 Å². The number of nitrogens with zero attached hydrogens (tertiary/aromatic N) is 3. The lowest BCUT2D eigenvalue weighted by Crippen LogP contribution is -2.40. The predicted octanol–water partition coefficient (Wildman–Crippen LogP) is 2.71. The number of carbonyl (C=O) groups excluding carboxylic acids is 1. The van der Waals surface area contributed by atoms with Gasteiger partial charge in [0.25, 0.3) is 0 Å². The molecule has 2 heterocycles. The number of aliphatic carboxylic acids is 1. The summed E-state index contributed by atoms with van der Waals surface area (Å²) in [6, 6.07) is 7.71. The molecule has 1 atom stereocenters. The molecule has 1 aliphatic heterocycles. The summed E-state index contributed by atoms with van der Waals surface area (Å²) in [4.78, 5) is 38.2. The molecule has 1 amide bonds. The van der Waals surface area contributed by atoms with Crippen LogP contribution >= 0.6 is 0 Å². The Bertz CT molecular complexity index is 899. The Morgan fingerprint density at radius 1 is 1.11 bits per heavy atom. The number of amides is 1. The number of para-hydroxylation sites is 2. The number of piperidine rings is 1. The molecule has 1 saturated heterocycles. The summed E-state index contributed by atoms with van der Waals surface area (Å²) < 4.78 is 3.48. The van der Waals surface area contributed by atoms with Gasteiger partial charge in [-0.3, -0.25) is 18.7 Å². The fourth-order valence-electron chi connectivity index (χ4n) is 4.15. The summed E-state index contributed by atoms with van der Waals surface area (Å²) in [7, 11) is 0. The number of carboxylic acids is 1. The summed E-state index contributed by atoms with van der Waals surface area (Å²) in [6.07, 6.45) is 3.80. The van der Waals surface area contributed by atoms with Gasteiger partial charge in [0, 0.05) is 39.0 Å². The zero-order chi connectivity index (χ0) is 20.1. The molecular formula is C21H29N3O4. The van der Waals surface area contributed by atoms with Gasteiger partial charge >= 0.3 is 11.7 Å². The van der Waals surface area contributed by atoms with Crippen LogP contribution in [0.15, 0.2) is 29.1 Å². The van der Waals surface area contributed by atoms with E-state index in [4.69, 9.17) is 5.11 Å². The molecule has 1 aromatic heterocycles. The Kier molecular flexibility index (Phi) is 6.54. The predicted molar refractivity (Wildman–Crippen MR) is 107 cm³/mol. The molecule has 0 spiro atoms. The van der Waals surface area contributed by atoms with E-state index in [9.17, 15) is 14.4 Å². The average molecular weight is 387 g/mol. The lowest BCUT2D eigenvalue weighted by atomic mass is 9.93. The van der Waals surface area contributed by atoms with E-state index < -0.39 is 5.97 Å². The summed E-state index contributed by atoms with van der Waals surface area (Å²) in [5.41, 5.74) is 1.72. The van der Waals surface area contributed by atoms with E-state index >= 15 is 0 Å². The molecule has 1 fully saturated rings. The number of fused-ring (bicyclic) bond motifs is 1. The summed E-state index contributed by atoms with van der Waals surface area (Å²) in [5, 5.41) is 8.87. The Morgan fingerprint density at radius 2 is 1.79 bits per heavy atom. The number of imidazole rings is 1. The minimum absolute atomic E-state index is 0.0410. The van der Waals surface area contributed by atoms with Crippen LogP contribution in [-0.2, 0) is 22.7 Å². The number of rotatable bonds is 8. The van der Waals surface area contributed by atoms with Gasteiger partial charge in [0.1, 0.15) is 0 Å². The van der Waals surface area contributed by atoms with Crippen LogP contribution in [0.2, 0.25) is 0 Å². The van der Waals surface area contributed by atoms with Crippen LogP contribution in [0.5, 0.6) is 0 Å². The number of benzene rings is 1. The van der Waals surface area contributed by atoms with Crippen LogP contribution in [0.4, 0.5) is 0 Å². The molecular weight excluding hydrogens is 358 g/mol. The van der Waals surface area contributed by atoms with Crippen LogP contribution in [0.3, 0.4) is 0 Å². The van der Waals surface area contributed by atoms with Gasteiger partial charge in [0.05, 0.1) is 11.0 Å². The molecule has 152 valence electrons. The second kappa shape index (κ2) is 9.08. The van der Waals surface area contributed by atoms with Crippen molar-refractivity contribution in [2.24, 2.45) is 5.92 Å². The maximum atomic E-state index is 12.8. The van der Waals surface area contributed by atoms with E-state index in [-0.39, 0.29) is 30.4 Å². The van der Waals surface area contributed by atoms with Crippen molar-refractivity contribution in [1.82, 2.24) is 14.0 Å². The molecule has 0 saturated carbocycles. The van der Waals surface area contributed by atoms with Gasteiger partial charge in [-0.2, -0.15) is 0 Å². The van der Waals surface area contributed by atoms with Gasteiger partial charge in [0.15, 0.2) is 0 Å². The quantitative estimate of drug-likeness (QED) is 0.755. The van der Waals surface area contributed by atoms with Crippen molar-refractivity contribution in [3.8, 4) is 0 Å². The number of aromatic nitrogens is 2. The molecule has 3 rings (SSSR count). The Labute approximate surface area is 164 Å². The summed E-state index contributed by atoms with van der Waals surface area (Å²) in [5.74, 6) is -0.492. The molecule has 1 aromatic carbocycles. The third kappa shape index (κ3) is 4.46. The number of likely N-dealkylation sites (tertiary alicyclic amines) is 1. The Hall–Kier alpha value is -2.57. The zero-order valence-electron chi connectivity index (χ0n) is 16.5. The van der Waals surface area contributed by atoms with Crippen LogP contribution in [-0.4, -0.2) is 44.1 Å². The Balaban J connectivity index is 1.67. The number of carbonyl (C=O) groups is 2. The smallest absolute Gasteiger partial charge is 0.329 e. The van der Waals surface area contributed by atoms with Gasteiger partial charge in [-0.15, -0.1) is 0 Å². The topological polar surface area (TPSA) is 84.5 Å². The van der Waals surface area contributed by atoms with Crippen molar-refractivity contribution < 1.29 is 14.7 Å². The standard InChI is InChI=1S/C21H29N3O4/c1-2-12-23-17-7-3-4-8-18(17)24(21(23)28)14-11-19(25)22-13-5-6-16(15-22)9-10-20(26)27/h3-4,7-8,16H,2,5-6,9-15H2,1H3,(H,26,27). The maximum absolute atomic E-state index is 12.8. The minimum atomic E-state index is -0.786. The molecule has 1 unspecified atom stereocenters. The number of hydrogen-bond donors (Lipinski definition) is 1. The molecule has 2 aromatic rings. The third-order valence-electron chi connectivity index (χ3n) is 5.56. The second-order valence-corrected chi connectivity index (χ2v) is 7.60. The molecule has 1 N–H and O–H groups in total. The lowest BCUT2D eigenvalue weighted by molar-refractivity contribution is -0.137. The van der Waals surface area contributed by atoms with E-state index in [2.05, 4.69) is 0 Å². The van der Waals surface area contributed by atoms with E-state index in [1.165, 1.54) is 0 Å². The van der Waals surface area contributed by atoms with Crippen LogP contribution in [0.25, 0.3) is 11.0 Å². The molecule has 7 nitrogen and oxygen atoms in total. The number of hydrogen-bond acceptors (Lipinski definition) is 3. The highest BCUT2D eigenvalue weighted by atomic mass is 16.4.